The zero-order chi connectivity index (χ0) is 15.4. The number of aromatic carboxylic acids is 1. The first-order chi connectivity index (χ1) is 10.0. The first kappa shape index (κ1) is 14.4. The number of carbonyl (C=O) groups is 1. The fraction of sp³-hybridized carbons (Fsp3) is 0.125. The summed E-state index contributed by atoms with van der Waals surface area (Å²) in [7, 11) is 0. The third kappa shape index (κ3) is 3.31. The van der Waals surface area contributed by atoms with Gasteiger partial charge in [0.2, 0.25) is 0 Å². The number of nitrogen functional groups attached to an aromatic ring is 1. The Balaban J connectivity index is 2.20. The number of hydrogen-bond donors (Lipinski definition) is 2. The Hall–Kier alpha value is -3.00. The van der Waals surface area contributed by atoms with Gasteiger partial charge in [0, 0.05) is 5.69 Å². The number of carboxylic acid groups (broad SMARTS) is 1. The van der Waals surface area contributed by atoms with E-state index in [0.717, 1.165) is 5.56 Å². The van der Waals surface area contributed by atoms with Crippen LogP contribution in [0.3, 0.4) is 0 Å². The number of anilines is 1. The normalized spacial score (nSPS) is 9.90. The van der Waals surface area contributed by atoms with E-state index in [-0.39, 0.29) is 17.9 Å². The average Bonchev–Trinajstić information content (AvgIpc) is 2.48. The number of carboxylic acids is 1. The van der Waals surface area contributed by atoms with Gasteiger partial charge < -0.3 is 15.6 Å². The number of ether oxygens (including phenoxy) is 1. The summed E-state index contributed by atoms with van der Waals surface area (Å²) in [5.74, 6) is -0.658. The predicted molar refractivity (Wildman–Crippen MR) is 78.0 cm³/mol. The molecular formula is C16H14N2O3. The van der Waals surface area contributed by atoms with Gasteiger partial charge in [0.15, 0.2) is 0 Å². The number of nitrogens with two attached hydrogens (primary N) is 1. The highest BCUT2D eigenvalue weighted by molar-refractivity contribution is 5.95. The molecular weight excluding hydrogens is 268 g/mol. The summed E-state index contributed by atoms with van der Waals surface area (Å²) in [5, 5.41) is 17.9. The second-order valence-corrected chi connectivity index (χ2v) is 4.61. The molecule has 2 aromatic rings. The maximum Gasteiger partial charge on any atom is 0.337 e. The first-order valence-corrected chi connectivity index (χ1v) is 6.26. The van der Waals surface area contributed by atoms with Crippen LogP contribution in [-0.2, 0) is 6.61 Å². The summed E-state index contributed by atoms with van der Waals surface area (Å²) in [5.41, 5.74) is 8.02. The van der Waals surface area contributed by atoms with Gasteiger partial charge in [-0.2, -0.15) is 5.26 Å². The largest absolute Gasteiger partial charge is 0.489 e. The number of hydrogen-bond acceptors (Lipinski definition) is 4. The molecule has 0 heterocycles. The Kier molecular flexibility index (Phi) is 4.10. The van der Waals surface area contributed by atoms with E-state index in [9.17, 15) is 4.79 Å². The molecule has 0 aliphatic rings. The zero-order valence-corrected chi connectivity index (χ0v) is 11.5. The van der Waals surface area contributed by atoms with Crippen molar-refractivity contribution in [2.45, 2.75) is 13.5 Å². The predicted octanol–water partition coefficient (Wildman–Crippen LogP) is 2.73. The molecule has 0 aromatic heterocycles. The van der Waals surface area contributed by atoms with E-state index in [1.807, 2.05) is 6.07 Å². The molecule has 2 rings (SSSR count). The number of rotatable bonds is 4. The average molecular weight is 282 g/mol. The molecule has 0 radical (unpaired) electrons. The molecule has 0 unspecified atom stereocenters. The van der Waals surface area contributed by atoms with Crippen molar-refractivity contribution in [1.29, 1.82) is 5.26 Å². The molecule has 0 aliphatic heterocycles. The summed E-state index contributed by atoms with van der Waals surface area (Å²) < 4.78 is 5.59. The molecule has 0 saturated heterocycles. The Bertz CT molecular complexity index is 733. The Morgan fingerprint density at radius 1 is 1.38 bits per heavy atom. The van der Waals surface area contributed by atoms with E-state index in [1.165, 1.54) is 6.07 Å². The molecule has 5 nitrogen and oxygen atoms in total. The summed E-state index contributed by atoms with van der Waals surface area (Å²) in [6.45, 7) is 1.98. The first-order valence-electron chi connectivity index (χ1n) is 6.26. The van der Waals surface area contributed by atoms with Crippen LogP contribution in [0.1, 0.15) is 27.0 Å². The summed E-state index contributed by atoms with van der Waals surface area (Å²) in [6, 6.07) is 12.2. The summed E-state index contributed by atoms with van der Waals surface area (Å²) in [4.78, 5) is 11.1. The van der Waals surface area contributed by atoms with Crippen LogP contribution in [0.2, 0.25) is 0 Å². The standard InChI is InChI=1S/C16H14N2O3/c1-10-5-13(7-14(15(10)18)16(19)20)21-9-12-4-2-3-11(6-12)8-17/h2-7H,9,18H2,1H3,(H,19,20). The molecule has 0 spiro atoms. The van der Waals surface area contributed by atoms with Gasteiger partial charge in [0.05, 0.1) is 17.2 Å². The highest BCUT2D eigenvalue weighted by Gasteiger charge is 2.12. The quantitative estimate of drug-likeness (QED) is 0.840. The molecule has 0 aliphatic carbocycles. The molecule has 106 valence electrons. The van der Waals surface area contributed by atoms with Crippen LogP contribution < -0.4 is 10.5 Å². The van der Waals surface area contributed by atoms with Crippen molar-refractivity contribution < 1.29 is 14.6 Å². The van der Waals surface area contributed by atoms with Gasteiger partial charge in [-0.1, -0.05) is 12.1 Å². The number of nitrogens with zero attached hydrogens (tertiary/aromatic N) is 1. The van der Waals surface area contributed by atoms with E-state index < -0.39 is 5.97 Å². The van der Waals surface area contributed by atoms with Crippen molar-refractivity contribution in [3.63, 3.8) is 0 Å². The minimum Gasteiger partial charge on any atom is -0.489 e. The van der Waals surface area contributed by atoms with Gasteiger partial charge in [0.25, 0.3) is 0 Å². The van der Waals surface area contributed by atoms with Gasteiger partial charge >= 0.3 is 5.97 Å². The second-order valence-electron chi connectivity index (χ2n) is 4.61. The lowest BCUT2D eigenvalue weighted by molar-refractivity contribution is 0.0697. The maximum atomic E-state index is 11.1. The Morgan fingerprint density at radius 2 is 2.14 bits per heavy atom. The zero-order valence-electron chi connectivity index (χ0n) is 11.5. The third-order valence-electron chi connectivity index (χ3n) is 3.05. The highest BCUT2D eigenvalue weighted by atomic mass is 16.5. The SMILES string of the molecule is Cc1cc(OCc2cccc(C#N)c2)cc(C(=O)O)c1N. The lowest BCUT2D eigenvalue weighted by Gasteiger charge is -2.11. The Labute approximate surface area is 122 Å². The topological polar surface area (TPSA) is 96.3 Å². The van der Waals surface area contributed by atoms with E-state index in [4.69, 9.17) is 20.8 Å². The van der Waals surface area contributed by atoms with Crippen LogP contribution in [0.5, 0.6) is 5.75 Å². The lowest BCUT2D eigenvalue weighted by atomic mass is 10.1. The lowest BCUT2D eigenvalue weighted by Crippen LogP contribution is -2.05. The minimum absolute atomic E-state index is 0.0239. The van der Waals surface area contributed by atoms with Crippen molar-refractivity contribution in [2.24, 2.45) is 0 Å². The summed E-state index contributed by atoms with van der Waals surface area (Å²) >= 11 is 0. The van der Waals surface area contributed by atoms with Crippen molar-refractivity contribution in [1.82, 2.24) is 0 Å². The van der Waals surface area contributed by atoms with Crippen LogP contribution in [0.25, 0.3) is 0 Å². The van der Waals surface area contributed by atoms with Gasteiger partial charge in [-0.15, -0.1) is 0 Å². The van der Waals surface area contributed by atoms with Crippen LogP contribution in [0, 0.1) is 18.3 Å². The van der Waals surface area contributed by atoms with Crippen LogP contribution >= 0.6 is 0 Å². The molecule has 0 fully saturated rings. The minimum atomic E-state index is -1.09. The van der Waals surface area contributed by atoms with Crippen molar-refractivity contribution in [3.05, 3.63) is 58.7 Å². The molecule has 2 aromatic carbocycles. The van der Waals surface area contributed by atoms with E-state index in [2.05, 4.69) is 6.07 Å². The summed E-state index contributed by atoms with van der Waals surface area (Å²) in [6.07, 6.45) is 0. The second kappa shape index (κ2) is 5.97. The maximum absolute atomic E-state index is 11.1. The number of nitriles is 1. The molecule has 0 saturated carbocycles. The monoisotopic (exact) mass is 282 g/mol. The van der Waals surface area contributed by atoms with Crippen molar-refractivity contribution in [2.75, 3.05) is 5.73 Å². The smallest absolute Gasteiger partial charge is 0.337 e. The number of aryl methyl sites for hydroxylation is 1. The molecule has 3 N–H and O–H groups in total. The highest BCUT2D eigenvalue weighted by Crippen LogP contribution is 2.25. The van der Waals surface area contributed by atoms with Gasteiger partial charge in [0.1, 0.15) is 12.4 Å². The number of benzene rings is 2. The fourth-order valence-corrected chi connectivity index (χ4v) is 1.92. The van der Waals surface area contributed by atoms with Gasteiger partial charge in [-0.25, -0.2) is 4.79 Å². The van der Waals surface area contributed by atoms with Crippen LogP contribution in [0.15, 0.2) is 36.4 Å². The molecule has 0 amide bonds. The van der Waals surface area contributed by atoms with E-state index in [0.29, 0.717) is 16.9 Å². The molecule has 0 bridgehead atoms. The van der Waals surface area contributed by atoms with Crippen LogP contribution in [-0.4, -0.2) is 11.1 Å². The van der Waals surface area contributed by atoms with E-state index >= 15 is 0 Å². The van der Waals surface area contributed by atoms with Crippen LogP contribution in [0.4, 0.5) is 5.69 Å². The molecule has 0 atom stereocenters. The van der Waals surface area contributed by atoms with Gasteiger partial charge in [-0.3, -0.25) is 0 Å². The van der Waals surface area contributed by atoms with Crippen molar-refractivity contribution in [3.8, 4) is 11.8 Å². The van der Waals surface area contributed by atoms with Gasteiger partial charge in [-0.05, 0) is 42.3 Å². The van der Waals surface area contributed by atoms with Crippen molar-refractivity contribution >= 4 is 11.7 Å². The Morgan fingerprint density at radius 3 is 2.81 bits per heavy atom. The molecule has 21 heavy (non-hydrogen) atoms. The third-order valence-corrected chi connectivity index (χ3v) is 3.05. The fourth-order valence-electron chi connectivity index (χ4n) is 1.92. The molecule has 5 heteroatoms. The van der Waals surface area contributed by atoms with E-state index in [1.54, 1.807) is 31.2 Å².